The molecule has 0 unspecified atom stereocenters. The van der Waals surface area contributed by atoms with E-state index in [2.05, 4.69) is 76.2 Å². The molecular weight excluding hydrogens is 228 g/mol. The van der Waals surface area contributed by atoms with Crippen molar-refractivity contribution in [3.63, 3.8) is 0 Å². The summed E-state index contributed by atoms with van der Waals surface area (Å²) in [6, 6.07) is 0. The van der Waals surface area contributed by atoms with Crippen molar-refractivity contribution in [2.75, 3.05) is 0 Å². The van der Waals surface area contributed by atoms with E-state index >= 15 is 0 Å². The highest BCUT2D eigenvalue weighted by Gasteiger charge is 2.75. The van der Waals surface area contributed by atoms with Gasteiger partial charge in [0.05, 0.1) is 0 Å². The molecule has 0 aromatic carbocycles. The second kappa shape index (κ2) is 4.25. The van der Waals surface area contributed by atoms with Crippen LogP contribution in [-0.4, -0.2) is 0 Å². The van der Waals surface area contributed by atoms with Gasteiger partial charge in [-0.05, 0) is 33.0 Å². The Balaban J connectivity index is 3.37. The van der Waals surface area contributed by atoms with E-state index in [1.165, 1.54) is 12.8 Å². The third-order valence-electron chi connectivity index (χ3n) is 7.95. The lowest BCUT2D eigenvalue weighted by atomic mass is 9.25. The second-order valence-electron chi connectivity index (χ2n) is 9.58. The monoisotopic (exact) mass is 266 g/mol. The van der Waals surface area contributed by atoms with Crippen molar-refractivity contribution in [2.24, 2.45) is 33.0 Å². The highest BCUT2D eigenvalue weighted by atomic mass is 14.8. The van der Waals surface area contributed by atoms with E-state index in [0.29, 0.717) is 27.1 Å². The second-order valence-corrected chi connectivity index (χ2v) is 9.58. The average Bonchev–Trinajstić information content (AvgIpc) is 2.25. The van der Waals surface area contributed by atoms with Crippen LogP contribution >= 0.6 is 0 Å². The van der Waals surface area contributed by atoms with Gasteiger partial charge in [0.1, 0.15) is 0 Å². The maximum atomic E-state index is 2.55. The summed E-state index contributed by atoms with van der Waals surface area (Å²) in [5, 5.41) is 0. The van der Waals surface area contributed by atoms with Crippen molar-refractivity contribution in [2.45, 2.75) is 89.0 Å². The molecule has 0 heterocycles. The van der Waals surface area contributed by atoms with Crippen LogP contribution in [0.5, 0.6) is 0 Å². The van der Waals surface area contributed by atoms with E-state index in [9.17, 15) is 0 Å². The van der Waals surface area contributed by atoms with Crippen molar-refractivity contribution in [1.82, 2.24) is 0 Å². The summed E-state index contributed by atoms with van der Waals surface area (Å²) in [5.74, 6) is 0.785. The highest BCUT2D eigenvalue weighted by Crippen LogP contribution is 2.80. The SMILES string of the molecule is CCC(C)(C)C1C(C)(C)C(C)(C(C)(C)CC)C1(C)C. The van der Waals surface area contributed by atoms with Crippen molar-refractivity contribution in [3.8, 4) is 0 Å². The fraction of sp³-hybridized carbons (Fsp3) is 1.00. The highest BCUT2D eigenvalue weighted by molar-refractivity contribution is 5.22. The summed E-state index contributed by atoms with van der Waals surface area (Å²) in [4.78, 5) is 0. The molecule has 0 heteroatoms. The van der Waals surface area contributed by atoms with Crippen LogP contribution in [0.15, 0.2) is 0 Å². The molecule has 0 spiro atoms. The van der Waals surface area contributed by atoms with Crippen LogP contribution in [0.25, 0.3) is 0 Å². The van der Waals surface area contributed by atoms with E-state index in [1.807, 2.05) is 0 Å². The molecule has 0 radical (unpaired) electrons. The quantitative estimate of drug-likeness (QED) is 0.541. The molecule has 0 bridgehead atoms. The summed E-state index contributed by atoms with van der Waals surface area (Å²) in [5.41, 5.74) is 2.00. The Morgan fingerprint density at radius 3 is 1.37 bits per heavy atom. The van der Waals surface area contributed by atoms with Crippen molar-refractivity contribution < 1.29 is 0 Å². The fourth-order valence-corrected chi connectivity index (χ4v) is 6.49. The van der Waals surface area contributed by atoms with Crippen LogP contribution < -0.4 is 0 Å². The molecule has 1 aliphatic rings. The molecule has 1 aliphatic carbocycles. The van der Waals surface area contributed by atoms with Gasteiger partial charge in [-0.25, -0.2) is 0 Å². The van der Waals surface area contributed by atoms with Gasteiger partial charge in [-0.3, -0.25) is 0 Å². The molecule has 1 rings (SSSR count). The number of hydrogen-bond donors (Lipinski definition) is 0. The summed E-state index contributed by atoms with van der Waals surface area (Å²) in [6.45, 7) is 27.3. The lowest BCUT2D eigenvalue weighted by Crippen LogP contribution is -2.74. The van der Waals surface area contributed by atoms with Crippen LogP contribution in [0.2, 0.25) is 0 Å². The van der Waals surface area contributed by atoms with Crippen LogP contribution in [-0.2, 0) is 0 Å². The minimum absolute atomic E-state index is 0.388. The van der Waals surface area contributed by atoms with E-state index < -0.39 is 0 Å². The normalized spacial score (nSPS) is 33.9. The molecule has 0 aliphatic heterocycles. The largest absolute Gasteiger partial charge is 0.0649 e. The number of rotatable bonds is 4. The zero-order valence-corrected chi connectivity index (χ0v) is 15.5. The Hall–Kier alpha value is 0. The van der Waals surface area contributed by atoms with E-state index in [1.54, 1.807) is 0 Å². The standard InChI is InChI=1S/C19H38/c1-12-15(3,4)14-17(7,8)19(11,18(14,9)10)16(5,6)13-2/h14H,12-13H2,1-11H3. The smallest absolute Gasteiger partial charge is 0.0166 e. The van der Waals surface area contributed by atoms with Gasteiger partial charge in [-0.1, -0.05) is 89.0 Å². The topological polar surface area (TPSA) is 0 Å². The van der Waals surface area contributed by atoms with Gasteiger partial charge in [0, 0.05) is 0 Å². The van der Waals surface area contributed by atoms with Gasteiger partial charge in [0.2, 0.25) is 0 Å². The minimum Gasteiger partial charge on any atom is -0.0649 e. The molecule has 0 amide bonds. The van der Waals surface area contributed by atoms with Crippen molar-refractivity contribution in [1.29, 1.82) is 0 Å². The first kappa shape index (κ1) is 17.1. The number of hydrogen-bond acceptors (Lipinski definition) is 0. The molecule has 0 aromatic rings. The van der Waals surface area contributed by atoms with Gasteiger partial charge >= 0.3 is 0 Å². The predicted molar refractivity (Wildman–Crippen MR) is 87.3 cm³/mol. The lowest BCUT2D eigenvalue weighted by molar-refractivity contribution is -0.320. The Morgan fingerprint density at radius 2 is 1.11 bits per heavy atom. The molecule has 0 atom stereocenters. The third-order valence-corrected chi connectivity index (χ3v) is 7.95. The molecule has 114 valence electrons. The third kappa shape index (κ3) is 1.77. The van der Waals surface area contributed by atoms with E-state index in [-0.39, 0.29) is 0 Å². The van der Waals surface area contributed by atoms with Gasteiger partial charge in [-0.2, -0.15) is 0 Å². The maximum absolute atomic E-state index is 2.55. The van der Waals surface area contributed by atoms with Gasteiger partial charge in [0.25, 0.3) is 0 Å². The Morgan fingerprint density at radius 1 is 0.737 bits per heavy atom. The predicted octanol–water partition coefficient (Wildman–Crippen LogP) is 6.55. The van der Waals surface area contributed by atoms with Crippen molar-refractivity contribution >= 4 is 0 Å². The Kier molecular flexibility index (Phi) is 3.81. The van der Waals surface area contributed by atoms with Crippen LogP contribution in [0.1, 0.15) is 89.0 Å². The summed E-state index contributed by atoms with van der Waals surface area (Å²) < 4.78 is 0. The van der Waals surface area contributed by atoms with Crippen LogP contribution in [0.4, 0.5) is 0 Å². The summed E-state index contributed by atoms with van der Waals surface area (Å²) in [7, 11) is 0. The molecule has 0 N–H and O–H groups in total. The molecule has 0 saturated heterocycles. The average molecular weight is 267 g/mol. The first-order valence-electron chi connectivity index (χ1n) is 8.24. The summed E-state index contributed by atoms with van der Waals surface area (Å²) in [6.07, 6.45) is 2.53. The van der Waals surface area contributed by atoms with Crippen molar-refractivity contribution in [3.05, 3.63) is 0 Å². The van der Waals surface area contributed by atoms with Crippen LogP contribution in [0.3, 0.4) is 0 Å². The van der Waals surface area contributed by atoms with Crippen LogP contribution in [0, 0.1) is 33.0 Å². The van der Waals surface area contributed by atoms with Gasteiger partial charge in [-0.15, -0.1) is 0 Å². The Labute approximate surface area is 122 Å². The molecule has 1 fully saturated rings. The van der Waals surface area contributed by atoms with E-state index in [0.717, 1.165) is 5.92 Å². The zero-order chi connectivity index (χ0) is 15.5. The molecule has 0 nitrogen and oxygen atoms in total. The Bertz CT molecular complexity index is 325. The maximum Gasteiger partial charge on any atom is -0.0166 e. The molecule has 19 heavy (non-hydrogen) atoms. The first-order valence-corrected chi connectivity index (χ1v) is 8.24. The van der Waals surface area contributed by atoms with Gasteiger partial charge in [0.15, 0.2) is 0 Å². The first-order chi connectivity index (χ1) is 8.24. The van der Waals surface area contributed by atoms with E-state index in [4.69, 9.17) is 0 Å². The molecule has 1 saturated carbocycles. The molecule has 0 aromatic heterocycles. The summed E-state index contributed by atoms with van der Waals surface area (Å²) >= 11 is 0. The zero-order valence-electron chi connectivity index (χ0n) is 15.5. The fourth-order valence-electron chi connectivity index (χ4n) is 6.49. The van der Waals surface area contributed by atoms with Gasteiger partial charge < -0.3 is 0 Å². The minimum atomic E-state index is 0.388. The lowest BCUT2D eigenvalue weighted by Gasteiger charge is -2.80. The molecular formula is C19H38.